The number of hydrogen-bond donors (Lipinski definition) is 3. The smallest absolute Gasteiger partial charge is 0.335 e. The Balaban J connectivity index is 1.17. The van der Waals surface area contributed by atoms with Gasteiger partial charge in [0, 0.05) is 56.0 Å². The van der Waals surface area contributed by atoms with E-state index in [0.29, 0.717) is 33.4 Å². The topological polar surface area (TPSA) is 173 Å². The molecule has 3 heterocycles. The average molecular weight is 646 g/mol. The summed E-state index contributed by atoms with van der Waals surface area (Å²) in [6, 6.07) is 19.1. The van der Waals surface area contributed by atoms with E-state index in [0.717, 1.165) is 16.7 Å². The van der Waals surface area contributed by atoms with Crippen LogP contribution in [-0.4, -0.2) is 65.6 Å². The van der Waals surface area contributed by atoms with Crippen LogP contribution in [0.5, 0.6) is 0 Å². The first kappa shape index (κ1) is 30.4. The first-order valence-corrected chi connectivity index (χ1v) is 15.0. The minimum Gasteiger partial charge on any atom is -0.478 e. The molecule has 0 saturated heterocycles. The lowest BCUT2D eigenvalue weighted by atomic mass is 10.0. The predicted octanol–water partition coefficient (Wildman–Crippen LogP) is 4.25. The maximum Gasteiger partial charge on any atom is 0.335 e. The number of carbonyl (C=O) groups excluding carboxylic acids is 3. The second kappa shape index (κ2) is 11.5. The molecule has 0 saturated carbocycles. The van der Waals surface area contributed by atoms with Crippen LogP contribution in [0.2, 0.25) is 0 Å². The first-order chi connectivity index (χ1) is 22.9. The Morgan fingerprint density at radius 2 is 0.729 bits per heavy atom. The van der Waals surface area contributed by atoms with E-state index >= 15 is 0 Å². The lowest BCUT2D eigenvalue weighted by molar-refractivity contribution is 0.0685. The van der Waals surface area contributed by atoms with E-state index in [-0.39, 0.29) is 73.7 Å². The minimum absolute atomic E-state index is 0.0201. The summed E-state index contributed by atoms with van der Waals surface area (Å²) in [5.41, 5.74) is 5.38. The second-order valence-electron chi connectivity index (χ2n) is 12.2. The molecular weight excluding hydrogens is 618 g/mol. The van der Waals surface area contributed by atoms with E-state index in [4.69, 9.17) is 0 Å². The number of carboxylic acids is 3. The first-order valence-electron chi connectivity index (χ1n) is 15.0. The van der Waals surface area contributed by atoms with Crippen LogP contribution in [0.4, 0.5) is 0 Å². The molecule has 0 bridgehead atoms. The lowest BCUT2D eigenvalue weighted by Gasteiger charge is -2.22. The molecular formula is C36H27N3O9. The zero-order chi connectivity index (χ0) is 33.9. The quantitative estimate of drug-likeness (QED) is 0.241. The van der Waals surface area contributed by atoms with E-state index < -0.39 is 17.9 Å². The molecule has 3 amide bonds. The maximum absolute atomic E-state index is 13.3. The van der Waals surface area contributed by atoms with Crippen molar-refractivity contribution in [3.05, 3.63) is 140 Å². The van der Waals surface area contributed by atoms with E-state index in [1.165, 1.54) is 36.4 Å². The molecule has 0 fully saturated rings. The van der Waals surface area contributed by atoms with Crippen molar-refractivity contribution in [1.29, 1.82) is 0 Å². The molecule has 0 aliphatic carbocycles. The van der Waals surface area contributed by atoms with Gasteiger partial charge in [-0.1, -0.05) is 36.4 Å². The Morgan fingerprint density at radius 1 is 0.458 bits per heavy atom. The molecule has 12 heteroatoms. The molecule has 12 nitrogen and oxygen atoms in total. The number of hydrogen-bond acceptors (Lipinski definition) is 6. The fraction of sp³-hybridized carbons (Fsp3) is 0.167. The number of fused-ring (bicyclic) bond motifs is 3. The van der Waals surface area contributed by atoms with Crippen molar-refractivity contribution in [2.24, 2.45) is 0 Å². The Labute approximate surface area is 273 Å². The van der Waals surface area contributed by atoms with Crippen LogP contribution in [-0.2, 0) is 39.3 Å². The van der Waals surface area contributed by atoms with Gasteiger partial charge in [-0.15, -0.1) is 0 Å². The summed E-state index contributed by atoms with van der Waals surface area (Å²) >= 11 is 0. The van der Waals surface area contributed by atoms with Gasteiger partial charge in [-0.3, -0.25) is 14.4 Å². The van der Waals surface area contributed by atoms with Gasteiger partial charge >= 0.3 is 17.9 Å². The minimum atomic E-state index is -1.13. The van der Waals surface area contributed by atoms with Crippen molar-refractivity contribution in [2.75, 3.05) is 0 Å². The van der Waals surface area contributed by atoms with Gasteiger partial charge in [0.05, 0.1) is 16.7 Å². The third kappa shape index (κ3) is 5.42. The molecule has 0 unspecified atom stereocenters. The van der Waals surface area contributed by atoms with Crippen LogP contribution in [0, 0.1) is 0 Å². The van der Waals surface area contributed by atoms with E-state index in [9.17, 15) is 44.1 Å². The molecule has 48 heavy (non-hydrogen) atoms. The largest absolute Gasteiger partial charge is 0.478 e. The third-order valence-electron chi connectivity index (χ3n) is 8.94. The Hall–Kier alpha value is -6.30. The highest BCUT2D eigenvalue weighted by molar-refractivity contribution is 6.02. The van der Waals surface area contributed by atoms with E-state index in [1.807, 2.05) is 18.2 Å². The zero-order valence-electron chi connectivity index (χ0n) is 25.3. The summed E-state index contributed by atoms with van der Waals surface area (Å²) in [5.74, 6) is -4.30. The highest BCUT2D eigenvalue weighted by atomic mass is 16.4. The van der Waals surface area contributed by atoms with Gasteiger partial charge in [0.1, 0.15) is 0 Å². The number of nitrogens with zero attached hydrogens (tertiary/aromatic N) is 3. The fourth-order valence-electron chi connectivity index (χ4n) is 6.64. The van der Waals surface area contributed by atoms with Crippen molar-refractivity contribution < 1.29 is 44.1 Å². The molecule has 7 rings (SSSR count). The van der Waals surface area contributed by atoms with E-state index in [1.54, 1.807) is 32.9 Å². The number of rotatable bonds is 9. The van der Waals surface area contributed by atoms with Gasteiger partial charge in [0.2, 0.25) is 0 Å². The van der Waals surface area contributed by atoms with Gasteiger partial charge in [0.15, 0.2) is 0 Å². The SMILES string of the molecule is O=C(O)c1ccc2c(c1)C(=O)N(Cc1cc(CN3Cc4ccc(C(=O)O)cc4C3=O)cc(CN3Cc4ccc(C(=O)O)cc4C3=O)c1)C2. The molecule has 0 spiro atoms. The second-order valence-corrected chi connectivity index (χ2v) is 12.2. The van der Waals surface area contributed by atoms with Crippen molar-refractivity contribution >= 4 is 35.6 Å². The molecule has 4 aromatic carbocycles. The van der Waals surface area contributed by atoms with Gasteiger partial charge in [-0.05, 0) is 69.8 Å². The highest BCUT2D eigenvalue weighted by Gasteiger charge is 2.32. The van der Waals surface area contributed by atoms with Gasteiger partial charge in [-0.25, -0.2) is 14.4 Å². The molecule has 0 aromatic heterocycles. The van der Waals surface area contributed by atoms with Crippen LogP contribution in [0.25, 0.3) is 0 Å². The Bertz CT molecular complexity index is 1870. The summed E-state index contributed by atoms with van der Waals surface area (Å²) in [6.45, 7) is 1.40. The molecule has 3 aliphatic rings. The lowest BCUT2D eigenvalue weighted by Crippen LogP contribution is -2.26. The van der Waals surface area contributed by atoms with Crippen molar-refractivity contribution in [3.63, 3.8) is 0 Å². The van der Waals surface area contributed by atoms with Crippen molar-refractivity contribution in [2.45, 2.75) is 39.3 Å². The van der Waals surface area contributed by atoms with Crippen LogP contribution in [0.3, 0.4) is 0 Å². The summed E-state index contributed by atoms with van der Waals surface area (Å²) < 4.78 is 0. The normalized spacial score (nSPS) is 14.8. The molecule has 240 valence electrons. The van der Waals surface area contributed by atoms with E-state index in [2.05, 4.69) is 0 Å². The molecule has 4 aromatic rings. The molecule has 3 aliphatic heterocycles. The summed E-state index contributed by atoms with van der Waals surface area (Å²) in [5, 5.41) is 28.2. The molecule has 0 atom stereocenters. The Kier molecular flexibility index (Phi) is 7.27. The fourth-order valence-corrected chi connectivity index (χ4v) is 6.64. The van der Waals surface area contributed by atoms with Gasteiger partial charge < -0.3 is 30.0 Å². The van der Waals surface area contributed by atoms with Gasteiger partial charge in [-0.2, -0.15) is 0 Å². The zero-order valence-corrected chi connectivity index (χ0v) is 25.3. The predicted molar refractivity (Wildman–Crippen MR) is 167 cm³/mol. The highest BCUT2D eigenvalue weighted by Crippen LogP contribution is 2.30. The monoisotopic (exact) mass is 645 g/mol. The number of amides is 3. The van der Waals surface area contributed by atoms with Crippen LogP contribution in [0.1, 0.15) is 95.5 Å². The molecule has 3 N–H and O–H groups in total. The third-order valence-corrected chi connectivity index (χ3v) is 8.94. The summed E-state index contributed by atoms with van der Waals surface area (Å²) in [6.07, 6.45) is 0. The number of carboxylic acid groups (broad SMARTS) is 3. The van der Waals surface area contributed by atoms with Gasteiger partial charge in [0.25, 0.3) is 17.7 Å². The Morgan fingerprint density at radius 3 is 0.979 bits per heavy atom. The number of benzene rings is 4. The van der Waals surface area contributed by atoms with Crippen molar-refractivity contribution in [3.8, 4) is 0 Å². The van der Waals surface area contributed by atoms with Crippen LogP contribution >= 0.6 is 0 Å². The van der Waals surface area contributed by atoms with Crippen LogP contribution in [0.15, 0.2) is 72.8 Å². The summed E-state index contributed by atoms with van der Waals surface area (Å²) in [4.78, 5) is 79.3. The number of aromatic carboxylic acids is 3. The maximum atomic E-state index is 13.3. The molecule has 0 radical (unpaired) electrons. The van der Waals surface area contributed by atoms with Crippen LogP contribution < -0.4 is 0 Å². The number of carbonyl (C=O) groups is 6. The standard InChI is InChI=1S/C36H27N3O9/c40-31-28-10-22(34(43)44)1-4-25(28)16-37(31)13-19-7-20(14-38-17-26-5-2-23(35(45)46)11-29(26)32(38)41)9-21(8-19)15-39-18-27-6-3-24(36(47)48)12-30(27)33(39)42/h1-12H,13-18H2,(H,43,44)(H,45,46)(H,47,48). The van der Waals surface area contributed by atoms with Crippen molar-refractivity contribution in [1.82, 2.24) is 14.7 Å². The summed E-state index contributed by atoms with van der Waals surface area (Å²) in [7, 11) is 0. The average Bonchev–Trinajstić information content (AvgIpc) is 3.65.